The number of carbonyl (C=O) groups is 2. The number of aromatic nitrogens is 1. The van der Waals surface area contributed by atoms with E-state index in [4.69, 9.17) is 4.74 Å². The number of benzene rings is 1. The Labute approximate surface area is 150 Å². The Morgan fingerprint density at radius 3 is 2.68 bits per heavy atom. The first-order chi connectivity index (χ1) is 12.2. The van der Waals surface area contributed by atoms with E-state index in [1.165, 1.54) is 11.3 Å². The van der Waals surface area contributed by atoms with Gasteiger partial charge in [-0.25, -0.2) is 9.78 Å². The molecule has 25 heavy (non-hydrogen) atoms. The van der Waals surface area contributed by atoms with Crippen molar-refractivity contribution in [3.63, 3.8) is 0 Å². The molecule has 2 heterocycles. The van der Waals surface area contributed by atoms with E-state index in [0.717, 1.165) is 23.3 Å². The summed E-state index contributed by atoms with van der Waals surface area (Å²) in [6.07, 6.45) is 1.16. The zero-order valence-electron chi connectivity index (χ0n) is 14.1. The smallest absolute Gasteiger partial charge is 0.409 e. The largest absolute Gasteiger partial charge is 0.450 e. The van der Waals surface area contributed by atoms with Crippen LogP contribution in [0.4, 0.5) is 4.79 Å². The van der Waals surface area contributed by atoms with Crippen molar-refractivity contribution in [2.45, 2.75) is 25.8 Å². The SMILES string of the molecule is CCOC(=O)N1CCC(NC(=O)c2ncsc2-c2ccccc2)CC1. The van der Waals surface area contributed by atoms with Gasteiger partial charge in [-0.1, -0.05) is 30.3 Å². The number of thiazole rings is 1. The van der Waals surface area contributed by atoms with Gasteiger partial charge in [-0.15, -0.1) is 11.3 Å². The van der Waals surface area contributed by atoms with Gasteiger partial charge in [-0.2, -0.15) is 0 Å². The van der Waals surface area contributed by atoms with E-state index >= 15 is 0 Å². The number of rotatable bonds is 4. The first-order valence-corrected chi connectivity index (χ1v) is 9.28. The Morgan fingerprint density at radius 2 is 2.00 bits per heavy atom. The van der Waals surface area contributed by atoms with Crippen LogP contribution in [0.25, 0.3) is 10.4 Å². The number of hydrogen-bond donors (Lipinski definition) is 1. The minimum Gasteiger partial charge on any atom is -0.450 e. The molecule has 7 heteroatoms. The minimum atomic E-state index is -0.279. The molecule has 0 unspecified atom stereocenters. The number of amides is 2. The average Bonchev–Trinajstić information content (AvgIpc) is 3.13. The summed E-state index contributed by atoms with van der Waals surface area (Å²) in [5.74, 6) is -0.158. The molecule has 0 saturated carbocycles. The first kappa shape index (κ1) is 17.4. The van der Waals surface area contributed by atoms with Crippen LogP contribution in [0.1, 0.15) is 30.3 Å². The molecule has 0 aliphatic carbocycles. The third-order valence-electron chi connectivity index (χ3n) is 4.17. The maximum Gasteiger partial charge on any atom is 0.409 e. The highest BCUT2D eigenvalue weighted by molar-refractivity contribution is 7.13. The van der Waals surface area contributed by atoms with E-state index in [-0.39, 0.29) is 18.0 Å². The lowest BCUT2D eigenvalue weighted by atomic mass is 10.0. The monoisotopic (exact) mass is 359 g/mol. The predicted octanol–water partition coefficient (Wildman–Crippen LogP) is 3.16. The molecule has 1 aliphatic heterocycles. The molecule has 3 rings (SSSR count). The van der Waals surface area contributed by atoms with Gasteiger partial charge in [-0.3, -0.25) is 4.79 Å². The van der Waals surface area contributed by atoms with Gasteiger partial charge in [0.1, 0.15) is 5.69 Å². The van der Waals surface area contributed by atoms with Crippen LogP contribution in [0.5, 0.6) is 0 Å². The van der Waals surface area contributed by atoms with Crippen molar-refractivity contribution < 1.29 is 14.3 Å². The van der Waals surface area contributed by atoms with Crippen molar-refractivity contribution in [3.8, 4) is 10.4 Å². The molecule has 132 valence electrons. The van der Waals surface area contributed by atoms with E-state index in [9.17, 15) is 9.59 Å². The zero-order chi connectivity index (χ0) is 17.6. The van der Waals surface area contributed by atoms with Crippen LogP contribution in [0.2, 0.25) is 0 Å². The Balaban J connectivity index is 1.60. The maximum atomic E-state index is 12.6. The Hall–Kier alpha value is -2.41. The fourth-order valence-corrected chi connectivity index (χ4v) is 3.67. The molecular formula is C18H21N3O3S. The second kappa shape index (κ2) is 8.11. The van der Waals surface area contributed by atoms with E-state index < -0.39 is 0 Å². The van der Waals surface area contributed by atoms with E-state index in [0.29, 0.717) is 25.4 Å². The number of piperidine rings is 1. The number of nitrogens with one attached hydrogen (secondary N) is 1. The van der Waals surface area contributed by atoms with Gasteiger partial charge in [0.25, 0.3) is 5.91 Å². The molecule has 2 amide bonds. The standard InChI is InChI=1S/C18H21N3O3S/c1-2-24-18(23)21-10-8-14(9-11-21)20-17(22)15-16(25-12-19-15)13-6-4-3-5-7-13/h3-7,12,14H,2,8-11H2,1H3,(H,20,22). The minimum absolute atomic E-state index is 0.0449. The van der Waals surface area contributed by atoms with E-state index in [1.807, 2.05) is 30.3 Å². The third kappa shape index (κ3) is 4.17. The van der Waals surface area contributed by atoms with Crippen molar-refractivity contribution in [2.24, 2.45) is 0 Å². The van der Waals surface area contributed by atoms with Gasteiger partial charge in [0, 0.05) is 19.1 Å². The summed E-state index contributed by atoms with van der Waals surface area (Å²) < 4.78 is 5.01. The lowest BCUT2D eigenvalue weighted by molar-refractivity contribution is 0.0857. The fourth-order valence-electron chi connectivity index (χ4n) is 2.88. The van der Waals surface area contributed by atoms with Crippen LogP contribution in [0.15, 0.2) is 35.8 Å². The molecule has 0 spiro atoms. The molecule has 1 fully saturated rings. The second-order valence-corrected chi connectivity index (χ2v) is 6.68. The van der Waals surface area contributed by atoms with Gasteiger partial charge in [-0.05, 0) is 25.3 Å². The zero-order valence-corrected chi connectivity index (χ0v) is 14.9. The van der Waals surface area contributed by atoms with Crippen LogP contribution in [-0.2, 0) is 4.74 Å². The molecule has 1 N–H and O–H groups in total. The normalized spacial score (nSPS) is 15.0. The van der Waals surface area contributed by atoms with Crippen molar-refractivity contribution in [1.82, 2.24) is 15.2 Å². The summed E-state index contributed by atoms with van der Waals surface area (Å²) in [5, 5.41) is 3.05. The van der Waals surface area contributed by atoms with Crippen molar-refractivity contribution in [1.29, 1.82) is 0 Å². The molecule has 1 saturated heterocycles. The Kier molecular flexibility index (Phi) is 5.65. The van der Waals surface area contributed by atoms with Crippen LogP contribution in [0.3, 0.4) is 0 Å². The average molecular weight is 359 g/mol. The van der Waals surface area contributed by atoms with Crippen LogP contribution in [0, 0.1) is 0 Å². The molecule has 0 atom stereocenters. The second-order valence-electron chi connectivity index (χ2n) is 5.83. The van der Waals surface area contributed by atoms with Crippen molar-refractivity contribution in [3.05, 3.63) is 41.5 Å². The molecular weight excluding hydrogens is 338 g/mol. The van der Waals surface area contributed by atoms with E-state index in [2.05, 4.69) is 10.3 Å². The highest BCUT2D eigenvalue weighted by Crippen LogP contribution is 2.27. The topological polar surface area (TPSA) is 71.5 Å². The maximum absolute atomic E-state index is 12.6. The van der Waals surface area contributed by atoms with Gasteiger partial charge in [0.05, 0.1) is 17.0 Å². The van der Waals surface area contributed by atoms with Gasteiger partial charge in [0.2, 0.25) is 0 Å². The summed E-state index contributed by atoms with van der Waals surface area (Å²) >= 11 is 1.46. The highest BCUT2D eigenvalue weighted by Gasteiger charge is 2.26. The lowest BCUT2D eigenvalue weighted by Gasteiger charge is -2.31. The molecule has 2 aromatic rings. The fraction of sp³-hybridized carbons (Fsp3) is 0.389. The van der Waals surface area contributed by atoms with Gasteiger partial charge >= 0.3 is 6.09 Å². The summed E-state index contributed by atoms with van der Waals surface area (Å²) in [6.45, 7) is 3.35. The lowest BCUT2D eigenvalue weighted by Crippen LogP contribution is -2.46. The van der Waals surface area contributed by atoms with Gasteiger partial charge < -0.3 is 15.0 Å². The van der Waals surface area contributed by atoms with Crippen molar-refractivity contribution >= 4 is 23.3 Å². The van der Waals surface area contributed by atoms with Crippen molar-refractivity contribution in [2.75, 3.05) is 19.7 Å². The summed E-state index contributed by atoms with van der Waals surface area (Å²) in [4.78, 5) is 31.1. The van der Waals surface area contributed by atoms with Crippen LogP contribution in [-0.4, -0.2) is 47.6 Å². The molecule has 1 aliphatic rings. The van der Waals surface area contributed by atoms with E-state index in [1.54, 1.807) is 17.3 Å². The molecule has 0 radical (unpaired) electrons. The Morgan fingerprint density at radius 1 is 1.28 bits per heavy atom. The Bertz CT molecular complexity index is 724. The number of nitrogens with zero attached hydrogens (tertiary/aromatic N) is 2. The summed E-state index contributed by atoms with van der Waals surface area (Å²) in [7, 11) is 0. The molecule has 1 aromatic heterocycles. The summed E-state index contributed by atoms with van der Waals surface area (Å²) in [5.41, 5.74) is 3.15. The highest BCUT2D eigenvalue weighted by atomic mass is 32.1. The molecule has 6 nitrogen and oxygen atoms in total. The number of carbonyl (C=O) groups excluding carboxylic acids is 2. The molecule has 0 bridgehead atoms. The van der Waals surface area contributed by atoms with Gasteiger partial charge in [0.15, 0.2) is 0 Å². The molecule has 1 aromatic carbocycles. The first-order valence-electron chi connectivity index (χ1n) is 8.40. The quantitative estimate of drug-likeness (QED) is 0.910. The summed E-state index contributed by atoms with van der Waals surface area (Å²) in [6, 6.07) is 9.83. The number of likely N-dealkylation sites (tertiary alicyclic amines) is 1. The van der Waals surface area contributed by atoms with Crippen LogP contribution >= 0.6 is 11.3 Å². The third-order valence-corrected chi connectivity index (χ3v) is 5.05. The predicted molar refractivity (Wildman–Crippen MR) is 96.6 cm³/mol. The van der Waals surface area contributed by atoms with Crippen LogP contribution < -0.4 is 5.32 Å². The number of ether oxygens (including phenoxy) is 1. The number of hydrogen-bond acceptors (Lipinski definition) is 5.